The first-order chi connectivity index (χ1) is 5.58. The molecule has 1 rings (SSSR count). The molecule has 6 heteroatoms. The lowest BCUT2D eigenvalue weighted by atomic mass is 10.5. The van der Waals surface area contributed by atoms with Crippen LogP contribution in [-0.2, 0) is 9.09 Å². The van der Waals surface area contributed by atoms with Crippen LogP contribution in [0.3, 0.4) is 0 Å². The first-order valence-corrected chi connectivity index (χ1v) is 4.62. The van der Waals surface area contributed by atoms with Crippen LogP contribution >= 0.6 is 7.60 Å². The molecule has 0 radical (unpaired) electrons. The van der Waals surface area contributed by atoms with Crippen LogP contribution in [0.25, 0.3) is 0 Å². The van der Waals surface area contributed by atoms with Crippen molar-refractivity contribution in [3.05, 3.63) is 24.2 Å². The Balaban J connectivity index is 2.94. The van der Waals surface area contributed by atoms with Crippen molar-refractivity contribution in [2.75, 3.05) is 7.11 Å². The molecule has 0 aliphatic heterocycles. The van der Waals surface area contributed by atoms with Gasteiger partial charge in [-0.15, -0.1) is 0 Å². The van der Waals surface area contributed by atoms with Gasteiger partial charge in [-0.3, -0.25) is 9.36 Å². The SMILES string of the molecule is COP(=O)(O)C(=O)c1ccco1. The monoisotopic (exact) mass is 190 g/mol. The standard InChI is InChI=1S/C6H7O5P/c1-10-12(8,9)6(7)5-3-2-4-11-5/h2-4H,1H3,(H,8,9). The predicted molar refractivity (Wildman–Crippen MR) is 39.9 cm³/mol. The van der Waals surface area contributed by atoms with E-state index in [9.17, 15) is 9.36 Å². The topological polar surface area (TPSA) is 76.7 Å². The molecule has 0 aliphatic carbocycles. The summed E-state index contributed by atoms with van der Waals surface area (Å²) in [4.78, 5) is 19.9. The van der Waals surface area contributed by atoms with Crippen molar-refractivity contribution in [3.8, 4) is 0 Å². The Morgan fingerprint density at radius 1 is 1.75 bits per heavy atom. The average Bonchev–Trinajstić information content (AvgIpc) is 2.55. The van der Waals surface area contributed by atoms with Crippen molar-refractivity contribution in [3.63, 3.8) is 0 Å². The molecule has 1 unspecified atom stereocenters. The molecule has 1 aromatic rings. The van der Waals surface area contributed by atoms with Gasteiger partial charge in [-0.05, 0) is 12.1 Å². The lowest BCUT2D eigenvalue weighted by Crippen LogP contribution is -1.99. The van der Waals surface area contributed by atoms with Crippen molar-refractivity contribution in [2.24, 2.45) is 0 Å². The van der Waals surface area contributed by atoms with Crippen molar-refractivity contribution < 1.29 is 23.2 Å². The highest BCUT2D eigenvalue weighted by Crippen LogP contribution is 2.44. The first kappa shape index (κ1) is 9.19. The minimum absolute atomic E-state index is 0.178. The molecule has 5 nitrogen and oxygen atoms in total. The third-order valence-electron chi connectivity index (χ3n) is 1.24. The molecule has 0 spiro atoms. The van der Waals surface area contributed by atoms with Gasteiger partial charge in [-0.1, -0.05) is 0 Å². The van der Waals surface area contributed by atoms with E-state index < -0.39 is 13.1 Å². The van der Waals surface area contributed by atoms with Crippen molar-refractivity contribution >= 4 is 13.1 Å². The Labute approximate surface area is 68.5 Å². The van der Waals surface area contributed by atoms with E-state index in [0.717, 1.165) is 7.11 Å². The minimum atomic E-state index is -4.19. The molecule has 12 heavy (non-hydrogen) atoms. The Morgan fingerprint density at radius 3 is 2.83 bits per heavy atom. The fraction of sp³-hybridized carbons (Fsp3) is 0.167. The van der Waals surface area contributed by atoms with E-state index >= 15 is 0 Å². The lowest BCUT2D eigenvalue weighted by Gasteiger charge is -2.03. The zero-order chi connectivity index (χ0) is 9.19. The minimum Gasteiger partial charge on any atom is -0.461 e. The summed E-state index contributed by atoms with van der Waals surface area (Å²) in [7, 11) is -3.20. The zero-order valence-corrected chi connectivity index (χ0v) is 7.15. The number of furan rings is 1. The maximum atomic E-state index is 11.0. The molecule has 0 saturated heterocycles. The van der Waals surface area contributed by atoms with E-state index in [2.05, 4.69) is 8.94 Å². The molecule has 1 heterocycles. The number of rotatable bonds is 3. The molecule has 0 fully saturated rings. The van der Waals surface area contributed by atoms with E-state index in [1.807, 2.05) is 0 Å². The molecule has 0 saturated carbocycles. The quantitative estimate of drug-likeness (QED) is 0.725. The van der Waals surface area contributed by atoms with Crippen molar-refractivity contribution in [1.82, 2.24) is 0 Å². The highest BCUT2D eigenvalue weighted by Gasteiger charge is 2.32. The highest BCUT2D eigenvalue weighted by atomic mass is 31.2. The summed E-state index contributed by atoms with van der Waals surface area (Å²) >= 11 is 0. The van der Waals surface area contributed by atoms with Crippen LogP contribution in [0.2, 0.25) is 0 Å². The van der Waals surface area contributed by atoms with Crippen LogP contribution < -0.4 is 0 Å². The van der Waals surface area contributed by atoms with E-state index in [1.165, 1.54) is 18.4 Å². The number of hydrogen-bond acceptors (Lipinski definition) is 4. The summed E-state index contributed by atoms with van der Waals surface area (Å²) in [5, 5.41) is 0. The molecule has 0 amide bonds. The Morgan fingerprint density at radius 2 is 2.42 bits per heavy atom. The maximum absolute atomic E-state index is 11.0. The molecule has 0 bridgehead atoms. The van der Waals surface area contributed by atoms with Gasteiger partial charge in [0.15, 0.2) is 5.76 Å². The van der Waals surface area contributed by atoms with Gasteiger partial charge in [0, 0.05) is 7.11 Å². The molecule has 66 valence electrons. The summed E-state index contributed by atoms with van der Waals surface area (Å²) < 4.78 is 19.7. The summed E-state index contributed by atoms with van der Waals surface area (Å²) in [6, 6.07) is 2.74. The summed E-state index contributed by atoms with van der Waals surface area (Å²) in [6.07, 6.45) is 1.24. The van der Waals surface area contributed by atoms with Crippen molar-refractivity contribution in [2.45, 2.75) is 0 Å². The predicted octanol–water partition coefficient (Wildman–Crippen LogP) is 1.25. The van der Waals surface area contributed by atoms with Crippen LogP contribution in [0.1, 0.15) is 10.6 Å². The van der Waals surface area contributed by atoms with Gasteiger partial charge < -0.3 is 13.8 Å². The fourth-order valence-corrected chi connectivity index (χ4v) is 1.19. The van der Waals surface area contributed by atoms with Crippen molar-refractivity contribution in [1.29, 1.82) is 0 Å². The van der Waals surface area contributed by atoms with Crippen LogP contribution in [0, 0.1) is 0 Å². The summed E-state index contributed by atoms with van der Waals surface area (Å²) in [5.41, 5.74) is -1.03. The van der Waals surface area contributed by atoms with E-state index in [4.69, 9.17) is 4.89 Å². The Kier molecular flexibility index (Phi) is 2.47. The second kappa shape index (κ2) is 3.23. The molecule has 0 aliphatic rings. The fourth-order valence-electron chi connectivity index (χ4n) is 0.622. The molecule has 1 atom stereocenters. The number of hydrogen-bond donors (Lipinski definition) is 1. The van der Waals surface area contributed by atoms with E-state index in [1.54, 1.807) is 0 Å². The van der Waals surface area contributed by atoms with Crippen LogP contribution in [0.15, 0.2) is 22.8 Å². The third-order valence-corrected chi connectivity index (χ3v) is 2.46. The van der Waals surface area contributed by atoms with Gasteiger partial charge in [0.2, 0.25) is 0 Å². The van der Waals surface area contributed by atoms with Gasteiger partial charge in [-0.2, -0.15) is 0 Å². The summed E-state index contributed by atoms with van der Waals surface area (Å²) in [5.74, 6) is -0.178. The van der Waals surface area contributed by atoms with Crippen LogP contribution in [0.5, 0.6) is 0 Å². The number of carbonyl (C=O) groups is 1. The maximum Gasteiger partial charge on any atom is 0.402 e. The van der Waals surface area contributed by atoms with Crippen LogP contribution in [-0.4, -0.2) is 17.5 Å². The molecule has 1 N–H and O–H groups in total. The van der Waals surface area contributed by atoms with Gasteiger partial charge in [0.1, 0.15) is 0 Å². The Hall–Kier alpha value is -0.900. The molecule has 1 aromatic heterocycles. The smallest absolute Gasteiger partial charge is 0.402 e. The van der Waals surface area contributed by atoms with E-state index in [0.29, 0.717) is 0 Å². The summed E-state index contributed by atoms with van der Waals surface area (Å²) in [6.45, 7) is 0. The zero-order valence-electron chi connectivity index (χ0n) is 6.26. The largest absolute Gasteiger partial charge is 0.461 e. The van der Waals surface area contributed by atoms with Gasteiger partial charge in [-0.25, -0.2) is 0 Å². The Bertz CT molecular complexity index is 315. The lowest BCUT2D eigenvalue weighted by molar-refractivity contribution is 0.101. The second-order valence-electron chi connectivity index (χ2n) is 1.99. The second-order valence-corrected chi connectivity index (χ2v) is 3.80. The highest BCUT2D eigenvalue weighted by molar-refractivity contribution is 7.71. The molecular weight excluding hydrogens is 183 g/mol. The van der Waals surface area contributed by atoms with Gasteiger partial charge >= 0.3 is 13.1 Å². The van der Waals surface area contributed by atoms with E-state index in [-0.39, 0.29) is 5.76 Å². The normalized spacial score (nSPS) is 15.5. The van der Waals surface area contributed by atoms with Gasteiger partial charge in [0.05, 0.1) is 6.26 Å². The first-order valence-electron chi connectivity index (χ1n) is 3.05. The van der Waals surface area contributed by atoms with Crippen LogP contribution in [0.4, 0.5) is 0 Å². The molecular formula is C6H7O5P. The average molecular weight is 190 g/mol. The third kappa shape index (κ3) is 1.64. The molecule has 0 aromatic carbocycles. The number of carbonyl (C=O) groups excluding carboxylic acids is 1. The van der Waals surface area contributed by atoms with Gasteiger partial charge in [0.25, 0.3) is 0 Å².